The Hall–Kier alpha value is -3.37. The van der Waals surface area contributed by atoms with Crippen LogP contribution < -0.4 is 5.19 Å². The summed E-state index contributed by atoms with van der Waals surface area (Å²) in [7, 11) is -1.35. The number of para-hydroxylation sites is 1. The fourth-order valence-electron chi connectivity index (χ4n) is 5.09. The third-order valence-electron chi connectivity index (χ3n) is 7.18. The maximum atomic E-state index is 6.00. The van der Waals surface area contributed by atoms with Gasteiger partial charge >= 0.3 is 0 Å². The molecular weight excluding hydrogens is 709 g/mol. The molecule has 0 aliphatic carbocycles. The molecule has 6 rings (SSSR count). The van der Waals surface area contributed by atoms with E-state index in [2.05, 4.69) is 94.1 Å². The van der Waals surface area contributed by atoms with Gasteiger partial charge in [0.15, 0.2) is 0 Å². The monoisotopic (exact) mass is 747 g/mol. The van der Waals surface area contributed by atoms with Crippen LogP contribution in [0.1, 0.15) is 30.5 Å². The standard InChI is InChI=1S/C19H26NSi.C18H12NO.Ir/c1-14(2)11-17-12-18(16-9-7-15(3)8-10-16)20-13-19(17)21(4,5)6;1-12-9-10-16(19-11-12)15-7-4-6-14-13-5-2-3-8-17(13)20-18(14)15;/h7-9,12-14H,11H2,1-6H3;2-6,8-11H,1H3;/q2*-1;. The van der Waals surface area contributed by atoms with Gasteiger partial charge in [-0.25, -0.2) is 0 Å². The molecule has 0 fully saturated rings. The number of fused-ring (bicyclic) bond motifs is 3. The topological polar surface area (TPSA) is 38.9 Å². The number of hydrogen-bond acceptors (Lipinski definition) is 3. The average molecular weight is 747 g/mol. The molecule has 0 atom stereocenters. The third kappa shape index (κ3) is 7.15. The molecule has 0 N–H and O–H groups in total. The fraction of sp³-hybridized carbons (Fsp3) is 0.243. The maximum absolute atomic E-state index is 6.00. The molecule has 0 bridgehead atoms. The molecule has 0 aliphatic rings. The fourth-order valence-corrected chi connectivity index (χ4v) is 6.68. The van der Waals surface area contributed by atoms with E-state index in [4.69, 9.17) is 9.40 Å². The van der Waals surface area contributed by atoms with Crippen molar-refractivity contribution in [3.05, 3.63) is 114 Å². The van der Waals surface area contributed by atoms with Crippen LogP contribution >= 0.6 is 0 Å². The quantitative estimate of drug-likeness (QED) is 0.130. The molecule has 217 valence electrons. The minimum atomic E-state index is -1.35. The molecule has 3 aromatic heterocycles. The van der Waals surface area contributed by atoms with Gasteiger partial charge in [0.05, 0.1) is 13.7 Å². The van der Waals surface area contributed by atoms with Crippen LogP contribution in [0.5, 0.6) is 0 Å². The molecule has 0 aliphatic heterocycles. The summed E-state index contributed by atoms with van der Waals surface area (Å²) < 4.78 is 6.00. The second kappa shape index (κ2) is 13.3. The first-order valence-corrected chi connectivity index (χ1v) is 17.8. The van der Waals surface area contributed by atoms with E-state index in [-0.39, 0.29) is 20.1 Å². The van der Waals surface area contributed by atoms with Crippen molar-refractivity contribution in [3.8, 4) is 22.5 Å². The van der Waals surface area contributed by atoms with Gasteiger partial charge in [0.2, 0.25) is 0 Å². The summed E-state index contributed by atoms with van der Waals surface area (Å²) in [6.07, 6.45) is 5.11. The molecule has 5 heteroatoms. The Morgan fingerprint density at radius 3 is 2.21 bits per heavy atom. The predicted octanol–water partition coefficient (Wildman–Crippen LogP) is 9.36. The van der Waals surface area contributed by atoms with Crippen molar-refractivity contribution in [2.24, 2.45) is 5.92 Å². The van der Waals surface area contributed by atoms with Crippen LogP contribution in [0.2, 0.25) is 19.6 Å². The largest absolute Gasteiger partial charge is 0.501 e. The number of aromatic nitrogens is 2. The van der Waals surface area contributed by atoms with Crippen molar-refractivity contribution >= 4 is 35.2 Å². The summed E-state index contributed by atoms with van der Waals surface area (Å²) in [5, 5.41) is 3.73. The van der Waals surface area contributed by atoms with Crippen molar-refractivity contribution in [1.29, 1.82) is 0 Å². The van der Waals surface area contributed by atoms with E-state index in [0.717, 1.165) is 56.4 Å². The van der Waals surface area contributed by atoms with Crippen LogP contribution in [-0.2, 0) is 26.5 Å². The average Bonchev–Trinajstić information content (AvgIpc) is 3.32. The van der Waals surface area contributed by atoms with Crippen LogP contribution in [-0.4, -0.2) is 18.0 Å². The van der Waals surface area contributed by atoms with Gasteiger partial charge in [-0.15, -0.1) is 53.6 Å². The zero-order chi connectivity index (χ0) is 29.1. The molecule has 3 heterocycles. The number of aryl methyl sites for hydroxylation is 2. The minimum Gasteiger partial charge on any atom is -0.501 e. The van der Waals surface area contributed by atoms with Crippen molar-refractivity contribution in [2.75, 3.05) is 0 Å². The molecule has 3 aromatic carbocycles. The molecule has 0 unspecified atom stereocenters. The SMILES string of the molecule is Cc1c[c-]c(-c2cc(CC(C)C)c([Si](C)(C)C)cn2)cc1.Cc1ccc(-c2[c-]ccc3c2oc2ccccc23)nc1.[Ir]. The number of benzene rings is 3. The molecular formula is C37H38IrN2OSi-2. The molecule has 42 heavy (non-hydrogen) atoms. The van der Waals surface area contributed by atoms with Gasteiger partial charge in [-0.2, -0.15) is 0 Å². The third-order valence-corrected chi connectivity index (χ3v) is 9.24. The Balaban J connectivity index is 0.000000188. The van der Waals surface area contributed by atoms with E-state index in [0.29, 0.717) is 5.92 Å². The Kier molecular flexibility index (Phi) is 9.99. The molecule has 1 radical (unpaired) electrons. The molecule has 0 amide bonds. The van der Waals surface area contributed by atoms with Crippen LogP contribution in [0.15, 0.2) is 89.6 Å². The Morgan fingerprint density at radius 1 is 0.810 bits per heavy atom. The van der Waals surface area contributed by atoms with Crippen LogP contribution in [0.4, 0.5) is 0 Å². The normalized spacial score (nSPS) is 11.3. The van der Waals surface area contributed by atoms with Crippen molar-refractivity contribution in [1.82, 2.24) is 9.97 Å². The first-order chi connectivity index (χ1) is 19.6. The van der Waals surface area contributed by atoms with Crippen LogP contribution in [0.25, 0.3) is 44.5 Å². The molecule has 0 spiro atoms. The second-order valence-electron chi connectivity index (χ2n) is 12.3. The molecule has 3 nitrogen and oxygen atoms in total. The zero-order valence-corrected chi connectivity index (χ0v) is 28.9. The van der Waals surface area contributed by atoms with E-state index in [1.165, 1.54) is 16.3 Å². The first-order valence-electron chi connectivity index (χ1n) is 14.3. The number of nitrogens with zero attached hydrogens (tertiary/aromatic N) is 2. The summed E-state index contributed by atoms with van der Waals surface area (Å²) in [4.78, 5) is 9.19. The molecule has 0 saturated heterocycles. The molecule has 6 aromatic rings. The van der Waals surface area contributed by atoms with Crippen molar-refractivity contribution in [3.63, 3.8) is 0 Å². The summed E-state index contributed by atoms with van der Waals surface area (Å²) in [6, 6.07) is 31.3. The number of hydrogen-bond donors (Lipinski definition) is 0. The van der Waals surface area contributed by atoms with Gasteiger partial charge in [0, 0.05) is 37.9 Å². The first kappa shape index (κ1) is 31.6. The predicted molar refractivity (Wildman–Crippen MR) is 175 cm³/mol. The van der Waals surface area contributed by atoms with Crippen LogP contribution in [0.3, 0.4) is 0 Å². The summed E-state index contributed by atoms with van der Waals surface area (Å²) in [5.41, 5.74) is 9.55. The minimum absolute atomic E-state index is 0. The van der Waals surface area contributed by atoms with E-state index in [9.17, 15) is 0 Å². The van der Waals surface area contributed by atoms with E-state index >= 15 is 0 Å². The van der Waals surface area contributed by atoms with Crippen molar-refractivity contribution in [2.45, 2.75) is 53.8 Å². The number of furan rings is 1. The molecule has 0 saturated carbocycles. The second-order valence-corrected chi connectivity index (χ2v) is 17.3. The Bertz CT molecular complexity index is 1780. The number of rotatable bonds is 5. The number of pyridine rings is 2. The van der Waals surface area contributed by atoms with E-state index < -0.39 is 8.07 Å². The van der Waals surface area contributed by atoms with Gasteiger partial charge < -0.3 is 14.4 Å². The van der Waals surface area contributed by atoms with Gasteiger partial charge in [-0.1, -0.05) is 93.3 Å². The van der Waals surface area contributed by atoms with Gasteiger partial charge in [-0.3, -0.25) is 0 Å². The van der Waals surface area contributed by atoms with E-state index in [1.54, 1.807) is 0 Å². The Morgan fingerprint density at radius 2 is 1.55 bits per heavy atom. The summed E-state index contributed by atoms with van der Waals surface area (Å²) in [6.45, 7) is 15.9. The van der Waals surface area contributed by atoms with Crippen molar-refractivity contribution < 1.29 is 24.5 Å². The van der Waals surface area contributed by atoms with E-state index in [1.807, 2.05) is 55.6 Å². The smallest absolute Gasteiger partial charge is 0.120 e. The zero-order valence-electron chi connectivity index (χ0n) is 25.5. The van der Waals surface area contributed by atoms with Crippen LogP contribution in [0, 0.1) is 31.9 Å². The van der Waals surface area contributed by atoms with Gasteiger partial charge in [-0.05, 0) is 47.5 Å². The Labute approximate surface area is 264 Å². The maximum Gasteiger partial charge on any atom is 0.120 e. The van der Waals surface area contributed by atoms with Gasteiger partial charge in [0.1, 0.15) is 5.58 Å². The summed E-state index contributed by atoms with van der Waals surface area (Å²) in [5.74, 6) is 0.664. The van der Waals surface area contributed by atoms with Gasteiger partial charge in [0.25, 0.3) is 0 Å². The summed E-state index contributed by atoms with van der Waals surface area (Å²) >= 11 is 0.